The Morgan fingerprint density at radius 1 is 1.31 bits per heavy atom. The van der Waals surface area contributed by atoms with Gasteiger partial charge in [0, 0.05) is 12.6 Å². The molecule has 0 aromatic carbocycles. The monoisotopic (exact) mass is 445 g/mol. The summed E-state index contributed by atoms with van der Waals surface area (Å²) in [6.07, 6.45) is -0.148. The van der Waals surface area contributed by atoms with E-state index in [9.17, 15) is 18.0 Å². The number of likely N-dealkylation sites (tertiary alicyclic amines) is 1. The fourth-order valence-corrected chi connectivity index (χ4v) is 3.98. The zero-order valence-corrected chi connectivity index (χ0v) is 17.0. The van der Waals surface area contributed by atoms with Crippen LogP contribution in [0.25, 0.3) is 17.1 Å². The summed E-state index contributed by atoms with van der Waals surface area (Å²) < 4.78 is 52.5. The van der Waals surface area contributed by atoms with Crippen LogP contribution in [0.2, 0.25) is 0 Å². The van der Waals surface area contributed by atoms with E-state index in [2.05, 4.69) is 15.2 Å². The maximum atomic E-state index is 13.7. The summed E-state index contributed by atoms with van der Waals surface area (Å²) in [5.74, 6) is 0.254. The number of carbonyl (C=O) groups excluding carboxylic acids is 1. The third-order valence-electron chi connectivity index (χ3n) is 5.55. The first-order valence-electron chi connectivity index (χ1n) is 10.1. The second-order valence-electron chi connectivity index (χ2n) is 7.53. The van der Waals surface area contributed by atoms with E-state index in [1.165, 1.54) is 12.3 Å². The molecular formula is C21H18F3N5O3. The lowest BCUT2D eigenvalue weighted by molar-refractivity contribution is -0.142. The van der Waals surface area contributed by atoms with Crippen LogP contribution in [0, 0.1) is 0 Å². The Labute approximate surface area is 179 Å². The molecule has 166 valence electrons. The average molecular weight is 445 g/mol. The molecule has 0 unspecified atom stereocenters. The number of alkyl halides is 3. The van der Waals surface area contributed by atoms with Crippen LogP contribution in [0.5, 0.6) is 0 Å². The Bertz CT molecular complexity index is 1280. The number of carbonyl (C=O) groups is 1. The molecule has 0 aliphatic carbocycles. The highest BCUT2D eigenvalue weighted by Crippen LogP contribution is 2.36. The summed E-state index contributed by atoms with van der Waals surface area (Å²) in [7, 11) is 0. The van der Waals surface area contributed by atoms with Gasteiger partial charge in [0.1, 0.15) is 11.3 Å². The molecule has 4 aromatic rings. The molecule has 1 amide bonds. The Balaban J connectivity index is 1.59. The minimum absolute atomic E-state index is 0.0222. The van der Waals surface area contributed by atoms with Crippen LogP contribution in [0.4, 0.5) is 13.2 Å². The summed E-state index contributed by atoms with van der Waals surface area (Å²) in [5.41, 5.74) is -0.520. The van der Waals surface area contributed by atoms with E-state index in [1.807, 2.05) is 6.92 Å². The molecule has 0 saturated carbocycles. The molecule has 1 aliphatic rings. The molecule has 0 bridgehead atoms. The van der Waals surface area contributed by atoms with Crippen molar-refractivity contribution >= 4 is 11.6 Å². The van der Waals surface area contributed by atoms with Crippen LogP contribution in [0.3, 0.4) is 0 Å². The van der Waals surface area contributed by atoms with Gasteiger partial charge in [-0.05, 0) is 37.5 Å². The number of aromatic nitrogens is 4. The molecule has 1 fully saturated rings. The minimum atomic E-state index is -4.71. The number of rotatable bonds is 4. The number of furan rings is 1. The molecule has 11 heteroatoms. The molecule has 1 aliphatic heterocycles. The second kappa shape index (κ2) is 7.50. The van der Waals surface area contributed by atoms with E-state index in [4.69, 9.17) is 8.94 Å². The lowest BCUT2D eigenvalue weighted by atomic mass is 10.1. The van der Waals surface area contributed by atoms with Crippen LogP contribution in [0.1, 0.15) is 53.3 Å². The zero-order valence-electron chi connectivity index (χ0n) is 17.0. The van der Waals surface area contributed by atoms with Gasteiger partial charge in [-0.3, -0.25) is 4.79 Å². The lowest BCUT2D eigenvalue weighted by Gasteiger charge is -2.22. The number of fused-ring (bicyclic) bond motifs is 1. The third-order valence-corrected chi connectivity index (χ3v) is 5.55. The average Bonchev–Trinajstić information content (AvgIpc) is 3.56. The second-order valence-corrected chi connectivity index (χ2v) is 7.53. The number of aryl methyl sites for hydroxylation is 1. The van der Waals surface area contributed by atoms with Crippen molar-refractivity contribution in [2.45, 2.75) is 38.4 Å². The van der Waals surface area contributed by atoms with Gasteiger partial charge in [-0.1, -0.05) is 12.1 Å². The zero-order chi connectivity index (χ0) is 22.5. The van der Waals surface area contributed by atoms with Crippen molar-refractivity contribution in [2.75, 3.05) is 6.54 Å². The van der Waals surface area contributed by atoms with Crippen molar-refractivity contribution in [2.24, 2.45) is 0 Å². The molecule has 1 atom stereocenters. The van der Waals surface area contributed by atoms with Gasteiger partial charge >= 0.3 is 6.18 Å². The number of hydrogen-bond acceptors (Lipinski definition) is 6. The molecule has 0 radical (unpaired) electrons. The first-order valence-corrected chi connectivity index (χ1v) is 10.1. The van der Waals surface area contributed by atoms with Crippen LogP contribution in [0.15, 0.2) is 45.7 Å². The van der Waals surface area contributed by atoms with Gasteiger partial charge in [0.2, 0.25) is 0 Å². The number of nitrogens with zero attached hydrogens (tertiary/aromatic N) is 5. The largest absolute Gasteiger partial charge is 0.463 e. The van der Waals surface area contributed by atoms with E-state index >= 15 is 0 Å². The topological polar surface area (TPSA) is 89.7 Å². The Kier molecular flexibility index (Phi) is 4.75. The van der Waals surface area contributed by atoms with Crippen molar-refractivity contribution in [3.63, 3.8) is 0 Å². The van der Waals surface area contributed by atoms with Gasteiger partial charge in [-0.25, -0.2) is 9.50 Å². The van der Waals surface area contributed by atoms with Gasteiger partial charge in [0.05, 0.1) is 24.2 Å². The summed E-state index contributed by atoms with van der Waals surface area (Å²) >= 11 is 0. The predicted molar refractivity (Wildman–Crippen MR) is 105 cm³/mol. The molecule has 32 heavy (non-hydrogen) atoms. The SMILES string of the molecule is CCc1cc([C@H]2CCCN2C(=O)c2cnn3c(C(F)(F)F)cc(-c4ccco4)nc23)on1. The highest BCUT2D eigenvalue weighted by atomic mass is 19.4. The lowest BCUT2D eigenvalue weighted by Crippen LogP contribution is -2.30. The van der Waals surface area contributed by atoms with Crippen molar-refractivity contribution in [1.29, 1.82) is 0 Å². The maximum absolute atomic E-state index is 13.7. The van der Waals surface area contributed by atoms with Crippen molar-refractivity contribution in [1.82, 2.24) is 24.7 Å². The molecule has 5 heterocycles. The van der Waals surface area contributed by atoms with Gasteiger partial charge < -0.3 is 13.8 Å². The highest BCUT2D eigenvalue weighted by Gasteiger charge is 2.38. The maximum Gasteiger partial charge on any atom is 0.433 e. The Morgan fingerprint density at radius 2 is 2.16 bits per heavy atom. The third kappa shape index (κ3) is 3.33. The van der Waals surface area contributed by atoms with E-state index in [1.54, 1.807) is 17.0 Å². The fraction of sp³-hybridized carbons (Fsp3) is 0.333. The summed E-state index contributed by atoms with van der Waals surface area (Å²) in [6, 6.07) is 5.37. The van der Waals surface area contributed by atoms with Crippen LogP contribution in [-0.2, 0) is 12.6 Å². The number of amides is 1. The minimum Gasteiger partial charge on any atom is -0.463 e. The molecular weight excluding hydrogens is 427 g/mol. The summed E-state index contributed by atoms with van der Waals surface area (Å²) in [6.45, 7) is 2.38. The fourth-order valence-electron chi connectivity index (χ4n) is 3.98. The molecule has 5 rings (SSSR count). The van der Waals surface area contributed by atoms with E-state index in [0.717, 1.165) is 24.4 Å². The van der Waals surface area contributed by atoms with E-state index in [0.29, 0.717) is 29.7 Å². The van der Waals surface area contributed by atoms with Gasteiger partial charge in [-0.15, -0.1) is 0 Å². The van der Waals surface area contributed by atoms with E-state index in [-0.39, 0.29) is 28.7 Å². The standard InChI is InChI=1S/C21H18F3N5O3/c1-2-12-9-17(32-27-12)15-5-3-7-28(15)20(30)13-11-25-29-18(21(22,23)24)10-14(26-19(13)29)16-6-4-8-31-16/h4,6,8-11,15H,2-3,5,7H2,1H3/t15-/m1/s1. The molecule has 1 saturated heterocycles. The summed E-state index contributed by atoms with van der Waals surface area (Å²) in [5, 5.41) is 7.82. The normalized spacial score (nSPS) is 16.9. The Hall–Kier alpha value is -3.63. The predicted octanol–water partition coefficient (Wildman–Crippen LogP) is 4.54. The molecule has 0 spiro atoms. The highest BCUT2D eigenvalue weighted by molar-refractivity contribution is 6.00. The quantitative estimate of drug-likeness (QED) is 0.458. The van der Waals surface area contributed by atoms with Gasteiger partial charge in [0.25, 0.3) is 5.91 Å². The first-order chi connectivity index (χ1) is 15.4. The van der Waals surface area contributed by atoms with E-state index < -0.39 is 17.8 Å². The molecule has 0 N–H and O–H groups in total. The summed E-state index contributed by atoms with van der Waals surface area (Å²) in [4.78, 5) is 19.3. The molecule has 4 aromatic heterocycles. The smallest absolute Gasteiger partial charge is 0.433 e. The van der Waals surface area contributed by atoms with Crippen molar-refractivity contribution < 1.29 is 26.9 Å². The molecule has 8 nitrogen and oxygen atoms in total. The van der Waals surface area contributed by atoms with Crippen LogP contribution >= 0.6 is 0 Å². The van der Waals surface area contributed by atoms with Crippen molar-refractivity contribution in [3.8, 4) is 11.5 Å². The van der Waals surface area contributed by atoms with Gasteiger partial charge in [-0.2, -0.15) is 18.3 Å². The Morgan fingerprint density at radius 3 is 2.84 bits per heavy atom. The van der Waals surface area contributed by atoms with Gasteiger partial charge in [0.15, 0.2) is 22.9 Å². The first kappa shape index (κ1) is 20.3. The number of hydrogen-bond donors (Lipinski definition) is 0. The van der Waals surface area contributed by atoms with Crippen molar-refractivity contribution in [3.05, 3.63) is 59.4 Å². The van der Waals surface area contributed by atoms with Crippen LogP contribution in [-0.4, -0.2) is 37.1 Å². The number of halogens is 3. The van der Waals surface area contributed by atoms with Crippen LogP contribution < -0.4 is 0 Å².